The molecule has 144 valence electrons. The molecule has 0 aromatic heterocycles. The fraction of sp³-hybridized carbons (Fsp3) is 0.409. The summed E-state index contributed by atoms with van der Waals surface area (Å²) in [6, 6.07) is 18.1. The number of carbonyl (C=O) groups is 1. The molecule has 0 aliphatic heterocycles. The Morgan fingerprint density at radius 2 is 1.63 bits per heavy atom. The topological polar surface area (TPSA) is 63.2 Å². The van der Waals surface area contributed by atoms with Gasteiger partial charge in [-0.15, -0.1) is 0 Å². The van der Waals surface area contributed by atoms with Crippen LogP contribution in [0.25, 0.3) is 0 Å². The van der Waals surface area contributed by atoms with Gasteiger partial charge in [-0.25, -0.2) is 8.42 Å². The minimum Gasteiger partial charge on any atom is -0.353 e. The Labute approximate surface area is 163 Å². The zero-order valence-electron chi connectivity index (χ0n) is 15.6. The lowest BCUT2D eigenvalue weighted by atomic mass is 9.82. The largest absolute Gasteiger partial charge is 0.353 e. The van der Waals surface area contributed by atoms with Gasteiger partial charge in [-0.05, 0) is 55.2 Å². The van der Waals surface area contributed by atoms with E-state index in [1.165, 1.54) is 5.56 Å². The van der Waals surface area contributed by atoms with Crippen molar-refractivity contribution in [3.05, 3.63) is 71.3 Å². The van der Waals surface area contributed by atoms with Crippen LogP contribution in [0.4, 0.5) is 0 Å². The van der Waals surface area contributed by atoms with Gasteiger partial charge in [-0.2, -0.15) is 0 Å². The maximum absolute atomic E-state index is 12.4. The lowest BCUT2D eigenvalue weighted by molar-refractivity contribution is -0.121. The molecule has 1 saturated carbocycles. The second-order valence-corrected chi connectivity index (χ2v) is 8.75. The highest BCUT2D eigenvalue weighted by Gasteiger charge is 2.23. The molecule has 4 nitrogen and oxygen atoms in total. The number of hydrogen-bond acceptors (Lipinski definition) is 3. The van der Waals surface area contributed by atoms with Gasteiger partial charge in [0.05, 0.1) is 11.7 Å². The maximum atomic E-state index is 12.4. The molecular formula is C22H27NO3S. The van der Waals surface area contributed by atoms with Crippen molar-refractivity contribution in [3.63, 3.8) is 0 Å². The number of thiol groups is 1. The van der Waals surface area contributed by atoms with Gasteiger partial charge in [0.15, 0.2) is 0 Å². The van der Waals surface area contributed by atoms with Gasteiger partial charge in [-0.3, -0.25) is 4.79 Å². The Bertz CT molecular complexity index is 814. The van der Waals surface area contributed by atoms with Crippen LogP contribution >= 0.6 is 0 Å². The molecule has 1 fully saturated rings. The van der Waals surface area contributed by atoms with E-state index >= 15 is 0 Å². The molecule has 1 aliphatic carbocycles. The van der Waals surface area contributed by atoms with E-state index in [-0.39, 0.29) is 11.9 Å². The molecule has 1 aliphatic rings. The van der Waals surface area contributed by atoms with E-state index in [4.69, 9.17) is 0 Å². The van der Waals surface area contributed by atoms with Gasteiger partial charge >= 0.3 is 0 Å². The molecule has 2 aromatic rings. The Morgan fingerprint density at radius 1 is 1.00 bits per heavy atom. The van der Waals surface area contributed by atoms with Crippen molar-refractivity contribution in [1.82, 2.24) is 5.32 Å². The number of hydrogen-bond donors (Lipinski definition) is 2. The third kappa shape index (κ3) is 5.42. The molecule has 0 bridgehead atoms. The zero-order chi connectivity index (χ0) is 19.2. The summed E-state index contributed by atoms with van der Waals surface area (Å²) in [7, 11) is -2.48. The lowest BCUT2D eigenvalue weighted by Crippen LogP contribution is -2.38. The highest BCUT2D eigenvalue weighted by molar-refractivity contribution is 7.72. The van der Waals surface area contributed by atoms with Gasteiger partial charge in [0.2, 0.25) is 5.91 Å². The van der Waals surface area contributed by atoms with Crippen molar-refractivity contribution in [3.8, 4) is 0 Å². The van der Waals surface area contributed by atoms with Crippen molar-refractivity contribution in [2.24, 2.45) is 0 Å². The van der Waals surface area contributed by atoms with E-state index in [9.17, 15) is 13.2 Å². The van der Waals surface area contributed by atoms with Crippen LogP contribution in [-0.2, 0) is 21.9 Å². The summed E-state index contributed by atoms with van der Waals surface area (Å²) in [6.45, 7) is 1.67. The number of carbonyl (C=O) groups excluding carboxylic acids is 1. The van der Waals surface area contributed by atoms with E-state index < -0.39 is 16.0 Å². The lowest BCUT2D eigenvalue weighted by Gasteiger charge is -2.29. The summed E-state index contributed by atoms with van der Waals surface area (Å²) in [5, 5.41) is 2.66. The summed E-state index contributed by atoms with van der Waals surface area (Å²) in [6.07, 6.45) is 4.57. The molecule has 0 heterocycles. The third-order valence-electron chi connectivity index (χ3n) is 5.51. The first-order chi connectivity index (χ1) is 13.0. The van der Waals surface area contributed by atoms with Gasteiger partial charge in [0.25, 0.3) is 0 Å². The van der Waals surface area contributed by atoms with Gasteiger partial charge < -0.3 is 5.32 Å². The van der Waals surface area contributed by atoms with Crippen LogP contribution < -0.4 is 5.32 Å². The molecule has 1 amide bonds. The molecule has 1 atom stereocenters. The van der Waals surface area contributed by atoms with Crippen molar-refractivity contribution in [1.29, 1.82) is 0 Å². The number of nitrogens with one attached hydrogen (secondary N) is 1. The first-order valence-corrected chi connectivity index (χ1v) is 10.8. The van der Waals surface area contributed by atoms with Crippen LogP contribution in [0.1, 0.15) is 60.5 Å². The second kappa shape index (κ2) is 9.18. The molecule has 0 radical (unpaired) electrons. The predicted octanol–water partition coefficient (Wildman–Crippen LogP) is 3.74. The Kier molecular flexibility index (Phi) is 6.67. The minimum absolute atomic E-state index is 0.0360. The molecule has 3 rings (SSSR count). The Hall–Kier alpha value is -2.14. The highest BCUT2D eigenvalue weighted by Crippen LogP contribution is 2.32. The minimum atomic E-state index is -2.48. The average Bonchev–Trinajstić information content (AvgIpc) is 2.69. The Morgan fingerprint density at radius 3 is 2.22 bits per heavy atom. The van der Waals surface area contributed by atoms with Gasteiger partial charge in [0.1, 0.15) is 10.7 Å². The quantitative estimate of drug-likeness (QED) is 0.745. The fourth-order valence-corrected chi connectivity index (χ4v) is 4.21. The van der Waals surface area contributed by atoms with Crippen LogP contribution in [-0.4, -0.2) is 20.4 Å². The van der Waals surface area contributed by atoms with Crippen LogP contribution in [0.2, 0.25) is 0 Å². The maximum Gasteiger partial charge on any atom is 0.224 e. The fourth-order valence-electron chi connectivity index (χ4n) is 3.80. The van der Waals surface area contributed by atoms with E-state index in [2.05, 4.69) is 29.6 Å². The average molecular weight is 386 g/mol. The van der Waals surface area contributed by atoms with E-state index in [1.807, 2.05) is 18.2 Å². The highest BCUT2D eigenvalue weighted by atomic mass is 32.2. The summed E-state index contributed by atoms with van der Waals surface area (Å²) < 4.78 is 22.1. The number of amides is 1. The molecule has 0 saturated heterocycles. The van der Waals surface area contributed by atoms with Crippen LogP contribution in [0, 0.1) is 0 Å². The van der Waals surface area contributed by atoms with Crippen molar-refractivity contribution < 1.29 is 13.2 Å². The van der Waals surface area contributed by atoms with Crippen molar-refractivity contribution in [2.75, 3.05) is 0 Å². The number of rotatable bonds is 6. The summed E-state index contributed by atoms with van der Waals surface area (Å²) in [5.74, 6) is 0.634. The van der Waals surface area contributed by atoms with Crippen molar-refractivity contribution >= 4 is 16.6 Å². The van der Waals surface area contributed by atoms with Gasteiger partial charge in [0, 0.05) is 6.04 Å². The van der Waals surface area contributed by atoms with Crippen LogP contribution in [0.5, 0.6) is 0 Å². The first-order valence-electron chi connectivity index (χ1n) is 9.59. The second-order valence-electron chi connectivity index (χ2n) is 7.41. The zero-order valence-corrected chi connectivity index (χ0v) is 16.5. The van der Waals surface area contributed by atoms with E-state index in [1.54, 1.807) is 19.1 Å². The summed E-state index contributed by atoms with van der Waals surface area (Å²) in [4.78, 5) is 12.4. The van der Waals surface area contributed by atoms with E-state index in [0.717, 1.165) is 36.8 Å². The smallest absolute Gasteiger partial charge is 0.224 e. The number of benzene rings is 2. The standard InChI is InChI=1S/C22H27NO3S/c1-16(27(25)26)18-9-7-17(8-10-18)15-22(24)23-21-13-11-20(12-14-21)19-5-3-2-4-6-19/h2-10,16,20-21,27H,11-15H2,1H3,(H,23,24). The SMILES string of the molecule is CC(c1ccc(CC(=O)NC2CCC(c3ccccc3)CC2)cc1)[SH](=O)=O. The third-order valence-corrected chi connectivity index (χ3v) is 6.44. The molecule has 0 spiro atoms. The molecule has 1 unspecified atom stereocenters. The molecule has 2 aromatic carbocycles. The molecule has 1 N–H and O–H groups in total. The Balaban J connectivity index is 1.47. The monoisotopic (exact) mass is 385 g/mol. The predicted molar refractivity (Wildman–Crippen MR) is 108 cm³/mol. The summed E-state index contributed by atoms with van der Waals surface area (Å²) in [5.41, 5.74) is 3.06. The van der Waals surface area contributed by atoms with Crippen molar-refractivity contribution in [2.45, 2.75) is 56.2 Å². The van der Waals surface area contributed by atoms with Crippen LogP contribution in [0.3, 0.4) is 0 Å². The molecule has 27 heavy (non-hydrogen) atoms. The van der Waals surface area contributed by atoms with Gasteiger partial charge in [-0.1, -0.05) is 54.6 Å². The molecule has 5 heteroatoms. The molecular weight excluding hydrogens is 358 g/mol. The normalized spacial score (nSPS) is 21.0. The van der Waals surface area contributed by atoms with Crippen LogP contribution in [0.15, 0.2) is 54.6 Å². The summed E-state index contributed by atoms with van der Waals surface area (Å²) >= 11 is 0. The van der Waals surface area contributed by atoms with E-state index in [0.29, 0.717) is 12.3 Å². The first kappa shape index (κ1) is 19.6.